The van der Waals surface area contributed by atoms with E-state index >= 15 is 0 Å². The SMILES string of the molecule is C#CCC(NCCC)c1ccc(Cl)cc1C. The molecule has 0 spiro atoms. The van der Waals surface area contributed by atoms with E-state index in [0.29, 0.717) is 6.42 Å². The van der Waals surface area contributed by atoms with Gasteiger partial charge in [-0.2, -0.15) is 0 Å². The van der Waals surface area contributed by atoms with Crippen LogP contribution in [0.15, 0.2) is 18.2 Å². The molecule has 1 nitrogen and oxygen atoms in total. The monoisotopic (exact) mass is 235 g/mol. The molecule has 0 fully saturated rings. The summed E-state index contributed by atoms with van der Waals surface area (Å²) in [5.41, 5.74) is 2.44. The number of hydrogen-bond donors (Lipinski definition) is 1. The molecule has 1 aromatic rings. The first-order valence-corrected chi connectivity index (χ1v) is 5.99. The van der Waals surface area contributed by atoms with E-state index in [1.807, 2.05) is 12.1 Å². The van der Waals surface area contributed by atoms with Crippen LogP contribution in [-0.2, 0) is 0 Å². The van der Waals surface area contributed by atoms with Crippen LogP contribution in [0.2, 0.25) is 5.02 Å². The summed E-state index contributed by atoms with van der Waals surface area (Å²) < 4.78 is 0. The molecule has 0 heterocycles. The van der Waals surface area contributed by atoms with Crippen molar-refractivity contribution in [3.8, 4) is 12.3 Å². The number of benzene rings is 1. The minimum atomic E-state index is 0.238. The molecule has 1 aromatic carbocycles. The van der Waals surface area contributed by atoms with Gasteiger partial charge in [-0.3, -0.25) is 0 Å². The lowest BCUT2D eigenvalue weighted by Gasteiger charge is -2.18. The van der Waals surface area contributed by atoms with Gasteiger partial charge in [0.1, 0.15) is 0 Å². The molecule has 2 heteroatoms. The van der Waals surface area contributed by atoms with Crippen LogP contribution in [0.4, 0.5) is 0 Å². The maximum Gasteiger partial charge on any atom is 0.0433 e. The zero-order chi connectivity index (χ0) is 12.0. The van der Waals surface area contributed by atoms with Gasteiger partial charge in [0.05, 0.1) is 0 Å². The molecule has 1 unspecified atom stereocenters. The normalized spacial score (nSPS) is 12.1. The Bertz CT molecular complexity index is 379. The van der Waals surface area contributed by atoms with Crippen molar-refractivity contribution < 1.29 is 0 Å². The highest BCUT2D eigenvalue weighted by molar-refractivity contribution is 6.30. The van der Waals surface area contributed by atoms with E-state index in [2.05, 4.69) is 31.2 Å². The molecule has 0 aliphatic carbocycles. The number of terminal acetylenes is 1. The Labute approximate surface area is 103 Å². The Morgan fingerprint density at radius 3 is 2.81 bits per heavy atom. The molecule has 0 aromatic heterocycles. The quantitative estimate of drug-likeness (QED) is 0.768. The second-order valence-electron chi connectivity index (χ2n) is 3.92. The van der Waals surface area contributed by atoms with Crippen LogP contribution in [0, 0.1) is 19.3 Å². The lowest BCUT2D eigenvalue weighted by atomic mass is 9.99. The second kappa shape index (κ2) is 6.58. The summed E-state index contributed by atoms with van der Waals surface area (Å²) in [7, 11) is 0. The molecule has 86 valence electrons. The van der Waals surface area contributed by atoms with Crippen LogP contribution in [0.5, 0.6) is 0 Å². The lowest BCUT2D eigenvalue weighted by molar-refractivity contribution is 0.540. The van der Waals surface area contributed by atoms with Gasteiger partial charge in [-0.1, -0.05) is 24.6 Å². The highest BCUT2D eigenvalue weighted by Gasteiger charge is 2.11. The topological polar surface area (TPSA) is 12.0 Å². The van der Waals surface area contributed by atoms with Crippen LogP contribution in [0.3, 0.4) is 0 Å². The predicted octanol–water partition coefficient (Wildman–Crippen LogP) is 3.71. The Morgan fingerprint density at radius 2 is 2.25 bits per heavy atom. The van der Waals surface area contributed by atoms with Crippen molar-refractivity contribution in [2.75, 3.05) is 6.54 Å². The maximum absolute atomic E-state index is 5.94. The van der Waals surface area contributed by atoms with Gasteiger partial charge in [-0.15, -0.1) is 12.3 Å². The molecule has 0 amide bonds. The van der Waals surface area contributed by atoms with Gasteiger partial charge >= 0.3 is 0 Å². The molecular formula is C14H18ClN. The van der Waals surface area contributed by atoms with Crippen LogP contribution in [-0.4, -0.2) is 6.54 Å². The zero-order valence-electron chi connectivity index (χ0n) is 9.89. The van der Waals surface area contributed by atoms with Crippen molar-refractivity contribution in [3.63, 3.8) is 0 Å². The standard InChI is InChI=1S/C14H18ClN/c1-4-6-14(16-9-5-2)13-8-7-12(15)10-11(13)3/h1,7-8,10,14,16H,5-6,9H2,2-3H3. The second-order valence-corrected chi connectivity index (χ2v) is 4.35. The Kier molecular flexibility index (Phi) is 5.38. The summed E-state index contributed by atoms with van der Waals surface area (Å²) in [5.74, 6) is 2.72. The van der Waals surface area contributed by atoms with Crippen LogP contribution >= 0.6 is 11.6 Å². The Hall–Kier alpha value is -0.970. The fraction of sp³-hybridized carbons (Fsp3) is 0.429. The summed E-state index contributed by atoms with van der Waals surface area (Å²) in [4.78, 5) is 0. The minimum Gasteiger partial charge on any atom is -0.309 e. The fourth-order valence-corrected chi connectivity index (χ4v) is 1.99. The molecule has 1 atom stereocenters. The molecule has 0 radical (unpaired) electrons. The van der Waals surface area contributed by atoms with E-state index in [1.54, 1.807) is 0 Å². The molecule has 0 aliphatic heterocycles. The van der Waals surface area contributed by atoms with Gasteiger partial charge in [0.25, 0.3) is 0 Å². The summed E-state index contributed by atoms with van der Waals surface area (Å²) >= 11 is 5.94. The van der Waals surface area contributed by atoms with Crippen LogP contribution in [0.25, 0.3) is 0 Å². The van der Waals surface area contributed by atoms with Crippen molar-refractivity contribution in [1.29, 1.82) is 0 Å². The van der Waals surface area contributed by atoms with Gasteiger partial charge < -0.3 is 5.32 Å². The fourth-order valence-electron chi connectivity index (χ4n) is 1.76. The summed E-state index contributed by atoms with van der Waals surface area (Å²) in [6.45, 7) is 5.20. The van der Waals surface area contributed by atoms with Gasteiger partial charge in [0, 0.05) is 17.5 Å². The first-order chi connectivity index (χ1) is 7.69. The molecular weight excluding hydrogens is 218 g/mol. The molecule has 1 N–H and O–H groups in total. The third-order valence-corrected chi connectivity index (χ3v) is 2.81. The van der Waals surface area contributed by atoms with Crippen LogP contribution in [0.1, 0.15) is 36.9 Å². The van der Waals surface area contributed by atoms with Crippen molar-refractivity contribution in [2.24, 2.45) is 0 Å². The smallest absolute Gasteiger partial charge is 0.0433 e. The summed E-state index contributed by atoms with van der Waals surface area (Å²) in [5, 5.41) is 4.24. The van der Waals surface area contributed by atoms with Crippen molar-refractivity contribution in [3.05, 3.63) is 34.3 Å². The van der Waals surface area contributed by atoms with Crippen molar-refractivity contribution >= 4 is 11.6 Å². The van der Waals surface area contributed by atoms with Crippen molar-refractivity contribution in [2.45, 2.75) is 32.7 Å². The average Bonchev–Trinajstić information content (AvgIpc) is 2.25. The number of rotatable bonds is 5. The molecule has 0 saturated carbocycles. The van der Waals surface area contributed by atoms with E-state index in [0.717, 1.165) is 18.0 Å². The zero-order valence-corrected chi connectivity index (χ0v) is 10.6. The van der Waals surface area contributed by atoms with Crippen LogP contribution < -0.4 is 5.32 Å². The Morgan fingerprint density at radius 1 is 1.50 bits per heavy atom. The number of halogens is 1. The number of aryl methyl sites for hydroxylation is 1. The molecule has 16 heavy (non-hydrogen) atoms. The largest absolute Gasteiger partial charge is 0.309 e. The molecule has 0 bridgehead atoms. The van der Waals surface area contributed by atoms with E-state index in [9.17, 15) is 0 Å². The van der Waals surface area contributed by atoms with Gasteiger partial charge in [0.15, 0.2) is 0 Å². The van der Waals surface area contributed by atoms with Crippen molar-refractivity contribution in [1.82, 2.24) is 5.32 Å². The summed E-state index contributed by atoms with van der Waals surface area (Å²) in [6, 6.07) is 6.19. The van der Waals surface area contributed by atoms with E-state index in [1.165, 1.54) is 11.1 Å². The van der Waals surface area contributed by atoms with Gasteiger partial charge in [-0.05, 0) is 43.1 Å². The van der Waals surface area contributed by atoms with Gasteiger partial charge in [-0.25, -0.2) is 0 Å². The third-order valence-electron chi connectivity index (χ3n) is 2.57. The molecule has 1 rings (SSSR count). The molecule has 0 aliphatic rings. The van der Waals surface area contributed by atoms with Gasteiger partial charge in [0.2, 0.25) is 0 Å². The van der Waals surface area contributed by atoms with E-state index < -0.39 is 0 Å². The Balaban J connectivity index is 2.88. The van der Waals surface area contributed by atoms with E-state index in [4.69, 9.17) is 18.0 Å². The molecule has 0 saturated heterocycles. The third kappa shape index (κ3) is 3.56. The maximum atomic E-state index is 5.94. The minimum absolute atomic E-state index is 0.238. The van der Waals surface area contributed by atoms with E-state index in [-0.39, 0.29) is 6.04 Å². The number of nitrogens with one attached hydrogen (secondary N) is 1. The highest BCUT2D eigenvalue weighted by atomic mass is 35.5. The average molecular weight is 236 g/mol. The predicted molar refractivity (Wildman–Crippen MR) is 70.7 cm³/mol. The highest BCUT2D eigenvalue weighted by Crippen LogP contribution is 2.23. The summed E-state index contributed by atoms with van der Waals surface area (Å²) in [6.07, 6.45) is 7.22. The first-order valence-electron chi connectivity index (χ1n) is 5.62. The first kappa shape index (κ1) is 13.1. The number of hydrogen-bond acceptors (Lipinski definition) is 1. The lowest BCUT2D eigenvalue weighted by Crippen LogP contribution is -2.22.